The summed E-state index contributed by atoms with van der Waals surface area (Å²) in [5.74, 6) is 0.260. The molecule has 0 atom stereocenters. The van der Waals surface area contributed by atoms with Gasteiger partial charge in [-0.1, -0.05) is 41.5 Å². The van der Waals surface area contributed by atoms with E-state index in [4.69, 9.17) is 0 Å². The third-order valence-corrected chi connectivity index (χ3v) is 2.52. The zero-order valence-corrected chi connectivity index (χ0v) is 12.7. The third kappa shape index (κ3) is 7.86. The van der Waals surface area contributed by atoms with Crippen LogP contribution in [-0.2, 0) is 4.79 Å². The molecule has 0 aromatic rings. The first kappa shape index (κ1) is 18.0. The molecule has 98 valence electrons. The van der Waals surface area contributed by atoms with Crippen LogP contribution >= 0.6 is 0 Å². The molecule has 16 heavy (non-hydrogen) atoms. The summed E-state index contributed by atoms with van der Waals surface area (Å²) in [7, 11) is 0. The first-order chi connectivity index (χ1) is 7.07. The predicted molar refractivity (Wildman–Crippen MR) is 72.8 cm³/mol. The number of hydrogen-bond acceptors (Lipinski definition) is 2. The topological polar surface area (TPSA) is 29.1 Å². The molecule has 0 saturated heterocycles. The monoisotopic (exact) mass is 229 g/mol. The average molecular weight is 229 g/mol. The van der Waals surface area contributed by atoms with Crippen LogP contribution in [0.5, 0.6) is 0 Å². The molecular formula is C14H31NO. The Bertz CT molecular complexity index is 205. The number of carbonyl (C=O) groups excluding carboxylic acids is 1. The average Bonchev–Trinajstić information content (AvgIpc) is 2.02. The van der Waals surface area contributed by atoms with Crippen molar-refractivity contribution in [2.75, 3.05) is 0 Å². The Hall–Kier alpha value is -0.370. The highest BCUT2D eigenvalue weighted by Gasteiger charge is 2.32. The van der Waals surface area contributed by atoms with Gasteiger partial charge in [-0.3, -0.25) is 4.79 Å². The number of carbonyl (C=O) groups is 1. The van der Waals surface area contributed by atoms with Gasteiger partial charge in [-0.2, -0.15) is 0 Å². The summed E-state index contributed by atoms with van der Waals surface area (Å²) in [5, 5.41) is 3.48. The van der Waals surface area contributed by atoms with E-state index in [1.807, 2.05) is 27.7 Å². The molecule has 0 aliphatic rings. The quantitative estimate of drug-likeness (QED) is 0.777. The Balaban J connectivity index is 0. The number of hydrogen-bond donors (Lipinski definition) is 1. The van der Waals surface area contributed by atoms with E-state index in [-0.39, 0.29) is 16.7 Å². The minimum Gasteiger partial charge on any atom is -0.310 e. The van der Waals surface area contributed by atoms with Crippen molar-refractivity contribution < 1.29 is 4.79 Å². The standard InChI is InChI=1S/C12H25NO.C2H6/c1-9(2)13-12(6,7)8-11(4,5)10(3)14;1-2/h9,13H,8H2,1-7H3;1-2H3. The van der Waals surface area contributed by atoms with Crippen LogP contribution < -0.4 is 5.32 Å². The largest absolute Gasteiger partial charge is 0.310 e. The molecule has 0 rings (SSSR count). The summed E-state index contributed by atoms with van der Waals surface area (Å²) < 4.78 is 0. The number of Topliss-reactive ketones (excluding diaryl/α,β-unsaturated/α-hetero) is 1. The van der Waals surface area contributed by atoms with Crippen molar-refractivity contribution in [2.24, 2.45) is 5.41 Å². The van der Waals surface area contributed by atoms with Gasteiger partial charge in [0.1, 0.15) is 5.78 Å². The fourth-order valence-corrected chi connectivity index (χ4v) is 2.06. The molecule has 0 bridgehead atoms. The zero-order chi connectivity index (χ0) is 13.6. The summed E-state index contributed by atoms with van der Waals surface area (Å²) in [6.45, 7) is 18.3. The van der Waals surface area contributed by atoms with Gasteiger partial charge in [0.05, 0.1) is 0 Å². The number of rotatable bonds is 5. The number of ketones is 1. The Morgan fingerprint density at radius 1 is 1.12 bits per heavy atom. The van der Waals surface area contributed by atoms with Crippen LogP contribution in [0.25, 0.3) is 0 Å². The molecule has 0 heterocycles. The van der Waals surface area contributed by atoms with E-state index < -0.39 is 0 Å². The number of nitrogens with one attached hydrogen (secondary N) is 1. The molecular weight excluding hydrogens is 198 g/mol. The van der Waals surface area contributed by atoms with Crippen molar-refractivity contribution >= 4 is 5.78 Å². The molecule has 0 radical (unpaired) electrons. The van der Waals surface area contributed by atoms with Gasteiger partial charge in [0.15, 0.2) is 0 Å². The van der Waals surface area contributed by atoms with Crippen molar-refractivity contribution in [1.29, 1.82) is 0 Å². The van der Waals surface area contributed by atoms with Gasteiger partial charge in [-0.15, -0.1) is 0 Å². The first-order valence-electron chi connectivity index (χ1n) is 6.35. The lowest BCUT2D eigenvalue weighted by molar-refractivity contribution is -0.126. The van der Waals surface area contributed by atoms with Gasteiger partial charge in [0.25, 0.3) is 0 Å². The molecule has 0 spiro atoms. The Morgan fingerprint density at radius 3 is 1.75 bits per heavy atom. The van der Waals surface area contributed by atoms with Gasteiger partial charge in [0.2, 0.25) is 0 Å². The van der Waals surface area contributed by atoms with Crippen LogP contribution in [0.3, 0.4) is 0 Å². The maximum Gasteiger partial charge on any atom is 0.135 e. The predicted octanol–water partition coefficient (Wildman–Crippen LogP) is 3.79. The highest BCUT2D eigenvalue weighted by Crippen LogP contribution is 2.28. The molecule has 0 aromatic heterocycles. The summed E-state index contributed by atoms with van der Waals surface area (Å²) in [4.78, 5) is 11.4. The second kappa shape index (κ2) is 7.05. The third-order valence-electron chi connectivity index (χ3n) is 2.52. The van der Waals surface area contributed by atoms with Gasteiger partial charge in [0, 0.05) is 17.0 Å². The maximum atomic E-state index is 11.4. The van der Waals surface area contributed by atoms with E-state index in [9.17, 15) is 4.79 Å². The molecule has 0 unspecified atom stereocenters. The van der Waals surface area contributed by atoms with Crippen LogP contribution in [0.15, 0.2) is 0 Å². The summed E-state index contributed by atoms with van der Waals surface area (Å²) in [5.41, 5.74) is -0.214. The van der Waals surface area contributed by atoms with Gasteiger partial charge in [-0.25, -0.2) is 0 Å². The summed E-state index contributed by atoms with van der Waals surface area (Å²) >= 11 is 0. The molecule has 0 fully saturated rings. The first-order valence-corrected chi connectivity index (χ1v) is 6.35. The van der Waals surface area contributed by atoms with Crippen LogP contribution in [0, 0.1) is 5.41 Å². The Labute approximate surface area is 102 Å². The van der Waals surface area contributed by atoms with E-state index in [0.29, 0.717) is 6.04 Å². The molecule has 0 saturated carbocycles. The lowest BCUT2D eigenvalue weighted by Gasteiger charge is -2.35. The maximum absolute atomic E-state index is 11.4. The highest BCUT2D eigenvalue weighted by atomic mass is 16.1. The fraction of sp³-hybridized carbons (Fsp3) is 0.929. The highest BCUT2D eigenvalue weighted by molar-refractivity contribution is 5.81. The Morgan fingerprint density at radius 2 is 1.50 bits per heavy atom. The van der Waals surface area contributed by atoms with Crippen LogP contribution in [0.4, 0.5) is 0 Å². The van der Waals surface area contributed by atoms with Crippen molar-refractivity contribution in [1.82, 2.24) is 5.32 Å². The Kier molecular flexibility index (Phi) is 7.94. The van der Waals surface area contributed by atoms with Crippen LogP contribution in [-0.4, -0.2) is 17.4 Å². The van der Waals surface area contributed by atoms with Gasteiger partial charge < -0.3 is 5.32 Å². The molecule has 1 N–H and O–H groups in total. The van der Waals surface area contributed by atoms with E-state index in [1.165, 1.54) is 0 Å². The zero-order valence-electron chi connectivity index (χ0n) is 12.7. The molecule has 2 nitrogen and oxygen atoms in total. The fourth-order valence-electron chi connectivity index (χ4n) is 2.06. The van der Waals surface area contributed by atoms with E-state index in [2.05, 4.69) is 33.0 Å². The van der Waals surface area contributed by atoms with E-state index in [1.54, 1.807) is 6.92 Å². The normalized spacial score (nSPS) is 12.1. The van der Waals surface area contributed by atoms with Crippen LogP contribution in [0.2, 0.25) is 0 Å². The van der Waals surface area contributed by atoms with E-state index in [0.717, 1.165) is 6.42 Å². The lowest BCUT2D eigenvalue weighted by Crippen LogP contribution is -2.47. The SMILES string of the molecule is CC.CC(=O)C(C)(C)CC(C)(C)NC(C)C. The smallest absolute Gasteiger partial charge is 0.135 e. The van der Waals surface area contributed by atoms with Crippen LogP contribution in [0.1, 0.15) is 68.7 Å². The van der Waals surface area contributed by atoms with E-state index >= 15 is 0 Å². The minimum atomic E-state index is -0.231. The van der Waals surface area contributed by atoms with Gasteiger partial charge in [-0.05, 0) is 27.2 Å². The molecule has 2 heteroatoms. The summed E-state index contributed by atoms with van der Waals surface area (Å²) in [6, 6.07) is 0.452. The molecule has 0 aliphatic heterocycles. The second-order valence-electron chi connectivity index (χ2n) is 5.80. The minimum absolute atomic E-state index is 0.0172. The molecule has 0 aromatic carbocycles. The van der Waals surface area contributed by atoms with Crippen molar-refractivity contribution in [2.45, 2.75) is 80.3 Å². The van der Waals surface area contributed by atoms with Crippen molar-refractivity contribution in [3.05, 3.63) is 0 Å². The lowest BCUT2D eigenvalue weighted by atomic mass is 9.77. The van der Waals surface area contributed by atoms with Gasteiger partial charge >= 0.3 is 0 Å². The molecule has 0 amide bonds. The summed E-state index contributed by atoms with van der Waals surface area (Å²) in [6.07, 6.45) is 0.869. The second-order valence-corrected chi connectivity index (χ2v) is 5.80. The van der Waals surface area contributed by atoms with Crippen molar-refractivity contribution in [3.63, 3.8) is 0 Å². The molecule has 0 aliphatic carbocycles. The van der Waals surface area contributed by atoms with Crippen molar-refractivity contribution in [3.8, 4) is 0 Å².